The first-order chi connectivity index (χ1) is 9.02. The highest BCUT2D eigenvalue weighted by Gasteiger charge is 2.34. The molecule has 0 bridgehead atoms. The van der Waals surface area contributed by atoms with Crippen molar-refractivity contribution >= 4 is 27.2 Å². The predicted molar refractivity (Wildman–Crippen MR) is 83.2 cm³/mol. The fourth-order valence-corrected chi connectivity index (χ4v) is 3.57. The molecule has 0 N–H and O–H groups in total. The van der Waals surface area contributed by atoms with Crippen LogP contribution in [0.25, 0.3) is 10.1 Å². The van der Waals surface area contributed by atoms with E-state index in [2.05, 4.69) is 30.9 Å². The number of likely N-dealkylation sites (N-methyl/N-ethyl adjacent to an activating group) is 1. The van der Waals surface area contributed by atoms with Gasteiger partial charge >= 0.3 is 0 Å². The van der Waals surface area contributed by atoms with Gasteiger partial charge in [0.15, 0.2) is 5.78 Å². The number of carbonyl (C=O) groups is 1. The Balaban J connectivity index is 2.46. The number of rotatable bonds is 5. The zero-order valence-electron chi connectivity index (χ0n) is 12.1. The van der Waals surface area contributed by atoms with Gasteiger partial charge in [0.25, 0.3) is 0 Å². The Bertz CT molecular complexity index is 581. The summed E-state index contributed by atoms with van der Waals surface area (Å²) in [7, 11) is 0. The Morgan fingerprint density at radius 2 is 1.89 bits per heavy atom. The number of benzene rings is 1. The molecule has 102 valence electrons. The van der Waals surface area contributed by atoms with E-state index in [0.717, 1.165) is 28.7 Å². The highest BCUT2D eigenvalue weighted by molar-refractivity contribution is 7.17. The molecule has 1 aromatic carbocycles. The van der Waals surface area contributed by atoms with Crippen LogP contribution in [0.4, 0.5) is 0 Å². The van der Waals surface area contributed by atoms with Crippen molar-refractivity contribution in [3.8, 4) is 0 Å². The van der Waals surface area contributed by atoms with E-state index >= 15 is 0 Å². The summed E-state index contributed by atoms with van der Waals surface area (Å²) < 4.78 is 1.10. The van der Waals surface area contributed by atoms with Gasteiger partial charge in [0, 0.05) is 10.3 Å². The molecule has 0 fully saturated rings. The number of Topliss-reactive ketones (excluding diaryl/α,β-unsaturated/α-hetero) is 1. The van der Waals surface area contributed by atoms with Crippen LogP contribution in [0.2, 0.25) is 0 Å². The monoisotopic (exact) mass is 275 g/mol. The van der Waals surface area contributed by atoms with E-state index in [-0.39, 0.29) is 5.78 Å². The van der Waals surface area contributed by atoms with Crippen LogP contribution in [0.5, 0.6) is 0 Å². The highest BCUT2D eigenvalue weighted by Crippen LogP contribution is 2.29. The minimum atomic E-state index is -0.457. The minimum absolute atomic E-state index is 0.212. The second-order valence-corrected chi connectivity index (χ2v) is 6.12. The van der Waals surface area contributed by atoms with E-state index < -0.39 is 5.54 Å². The van der Waals surface area contributed by atoms with Crippen LogP contribution in [-0.2, 0) is 0 Å². The first-order valence-corrected chi connectivity index (χ1v) is 7.66. The van der Waals surface area contributed by atoms with E-state index in [0.29, 0.717) is 0 Å². The Morgan fingerprint density at radius 1 is 1.21 bits per heavy atom. The summed E-state index contributed by atoms with van der Waals surface area (Å²) in [6, 6.07) is 8.06. The molecule has 19 heavy (non-hydrogen) atoms. The fraction of sp³-hybridized carbons (Fsp3) is 0.438. The quantitative estimate of drug-likeness (QED) is 0.762. The van der Waals surface area contributed by atoms with Crippen LogP contribution in [0.15, 0.2) is 29.6 Å². The molecule has 0 unspecified atom stereocenters. The van der Waals surface area contributed by atoms with E-state index in [1.54, 1.807) is 11.3 Å². The Hall–Kier alpha value is -1.19. The molecule has 0 spiro atoms. The molecule has 0 saturated carbocycles. The van der Waals surface area contributed by atoms with E-state index in [1.807, 2.05) is 31.4 Å². The van der Waals surface area contributed by atoms with Crippen molar-refractivity contribution in [2.45, 2.75) is 33.2 Å². The fourth-order valence-electron chi connectivity index (χ4n) is 2.66. The topological polar surface area (TPSA) is 20.3 Å². The van der Waals surface area contributed by atoms with Crippen LogP contribution in [0, 0.1) is 0 Å². The van der Waals surface area contributed by atoms with Crippen molar-refractivity contribution in [1.82, 2.24) is 4.90 Å². The van der Waals surface area contributed by atoms with Gasteiger partial charge in [0.1, 0.15) is 0 Å². The van der Waals surface area contributed by atoms with Gasteiger partial charge in [-0.1, -0.05) is 26.0 Å². The second-order valence-electron chi connectivity index (χ2n) is 5.20. The van der Waals surface area contributed by atoms with E-state index in [1.165, 1.54) is 0 Å². The smallest absolute Gasteiger partial charge is 0.183 e. The second kappa shape index (κ2) is 5.43. The molecule has 1 heterocycles. The molecular formula is C16H21NOS. The standard InChI is InChI=1S/C16H21NOS/c1-5-17(6-2)16(3,4)15(18)13-9-7-8-12-10-11-19-14(12)13/h7-11H,5-6H2,1-4H3. The number of hydrogen-bond acceptors (Lipinski definition) is 3. The molecule has 0 saturated heterocycles. The van der Waals surface area contributed by atoms with Crippen LogP contribution >= 0.6 is 11.3 Å². The van der Waals surface area contributed by atoms with Crippen molar-refractivity contribution in [2.24, 2.45) is 0 Å². The van der Waals surface area contributed by atoms with Crippen molar-refractivity contribution in [3.63, 3.8) is 0 Å². The summed E-state index contributed by atoms with van der Waals surface area (Å²) in [6.07, 6.45) is 0. The van der Waals surface area contributed by atoms with Crippen molar-refractivity contribution in [2.75, 3.05) is 13.1 Å². The average molecular weight is 275 g/mol. The number of thiophene rings is 1. The zero-order chi connectivity index (χ0) is 14.0. The van der Waals surface area contributed by atoms with Crippen LogP contribution < -0.4 is 0 Å². The number of fused-ring (bicyclic) bond motifs is 1. The van der Waals surface area contributed by atoms with Gasteiger partial charge < -0.3 is 0 Å². The maximum atomic E-state index is 12.9. The Labute approximate surface area is 119 Å². The van der Waals surface area contributed by atoms with Crippen molar-refractivity contribution in [1.29, 1.82) is 0 Å². The van der Waals surface area contributed by atoms with E-state index in [4.69, 9.17) is 0 Å². The van der Waals surface area contributed by atoms with E-state index in [9.17, 15) is 4.79 Å². The van der Waals surface area contributed by atoms with Crippen LogP contribution in [-0.4, -0.2) is 29.3 Å². The maximum Gasteiger partial charge on any atom is 0.183 e. The normalized spacial score (nSPS) is 12.3. The van der Waals surface area contributed by atoms with Gasteiger partial charge in [-0.2, -0.15) is 0 Å². The largest absolute Gasteiger partial charge is 0.292 e. The third-order valence-corrected chi connectivity index (χ3v) is 4.80. The number of ketones is 1. The van der Waals surface area contributed by atoms with Crippen molar-refractivity contribution < 1.29 is 4.79 Å². The summed E-state index contributed by atoms with van der Waals surface area (Å²) in [5.74, 6) is 0.212. The lowest BCUT2D eigenvalue weighted by Crippen LogP contribution is -2.49. The third-order valence-electron chi connectivity index (χ3n) is 3.83. The summed E-state index contributed by atoms with van der Waals surface area (Å²) in [5, 5.41) is 3.21. The molecule has 0 amide bonds. The number of carbonyl (C=O) groups excluding carboxylic acids is 1. The first-order valence-electron chi connectivity index (χ1n) is 6.78. The molecule has 0 aliphatic heterocycles. The average Bonchev–Trinajstić information content (AvgIpc) is 2.87. The Morgan fingerprint density at radius 3 is 2.53 bits per heavy atom. The van der Waals surface area contributed by atoms with Gasteiger partial charge in [0.2, 0.25) is 0 Å². The number of hydrogen-bond donors (Lipinski definition) is 0. The highest BCUT2D eigenvalue weighted by atomic mass is 32.1. The molecule has 3 heteroatoms. The molecule has 0 aliphatic carbocycles. The summed E-state index contributed by atoms with van der Waals surface area (Å²) in [5.41, 5.74) is 0.395. The lowest BCUT2D eigenvalue weighted by Gasteiger charge is -2.35. The zero-order valence-corrected chi connectivity index (χ0v) is 12.9. The van der Waals surface area contributed by atoms with Crippen LogP contribution in [0.3, 0.4) is 0 Å². The summed E-state index contributed by atoms with van der Waals surface area (Å²) >= 11 is 1.65. The molecule has 1 aromatic heterocycles. The van der Waals surface area contributed by atoms with Gasteiger partial charge in [-0.15, -0.1) is 11.3 Å². The summed E-state index contributed by atoms with van der Waals surface area (Å²) in [6.45, 7) is 10.0. The van der Waals surface area contributed by atoms with Gasteiger partial charge in [-0.25, -0.2) is 0 Å². The van der Waals surface area contributed by atoms with Crippen molar-refractivity contribution in [3.05, 3.63) is 35.2 Å². The third kappa shape index (κ3) is 2.45. The van der Waals surface area contributed by atoms with Gasteiger partial charge in [0.05, 0.1) is 5.54 Å². The molecule has 0 atom stereocenters. The molecule has 2 nitrogen and oxygen atoms in total. The van der Waals surface area contributed by atoms with Gasteiger partial charge in [-0.05, 0) is 49.8 Å². The molecule has 2 aromatic rings. The first kappa shape index (κ1) is 14.2. The lowest BCUT2D eigenvalue weighted by atomic mass is 9.90. The molecule has 0 radical (unpaired) electrons. The molecule has 2 rings (SSSR count). The number of nitrogens with zero attached hydrogens (tertiary/aromatic N) is 1. The summed E-state index contributed by atoms with van der Waals surface area (Å²) in [4.78, 5) is 15.1. The molecule has 0 aliphatic rings. The predicted octanol–water partition coefficient (Wildman–Crippen LogP) is 4.20. The lowest BCUT2D eigenvalue weighted by molar-refractivity contribution is 0.0671. The minimum Gasteiger partial charge on any atom is -0.292 e. The SMILES string of the molecule is CCN(CC)C(C)(C)C(=O)c1cccc2ccsc12. The maximum absolute atomic E-state index is 12.9. The van der Waals surface area contributed by atoms with Gasteiger partial charge in [-0.3, -0.25) is 9.69 Å². The molecular weight excluding hydrogens is 254 g/mol. The Kier molecular flexibility index (Phi) is 4.07. The van der Waals surface area contributed by atoms with Crippen LogP contribution in [0.1, 0.15) is 38.1 Å².